The van der Waals surface area contributed by atoms with Gasteiger partial charge in [0.2, 0.25) is 0 Å². The average molecular weight is 375 g/mol. The second-order valence-corrected chi connectivity index (χ2v) is 9.55. The second kappa shape index (κ2) is 5.92. The minimum Gasteiger partial charge on any atom is -0.323 e. The Morgan fingerprint density at radius 2 is 2.12 bits per heavy atom. The van der Waals surface area contributed by atoms with Gasteiger partial charge in [-0.1, -0.05) is 0 Å². The zero-order valence-corrected chi connectivity index (χ0v) is 15.4. The van der Waals surface area contributed by atoms with E-state index in [0.29, 0.717) is 26.6 Å². The van der Waals surface area contributed by atoms with Gasteiger partial charge < -0.3 is 5.32 Å². The van der Waals surface area contributed by atoms with Gasteiger partial charge in [0.05, 0.1) is 4.88 Å². The molecule has 3 aromatic heterocycles. The molecule has 1 aliphatic rings. The maximum absolute atomic E-state index is 11.6. The lowest BCUT2D eigenvalue weighted by Crippen LogP contribution is -1.99. The van der Waals surface area contributed by atoms with E-state index >= 15 is 0 Å². The molecule has 1 aliphatic carbocycles. The third-order valence-corrected chi connectivity index (χ3v) is 6.90. The molecular weight excluding hydrogens is 358 g/mol. The van der Waals surface area contributed by atoms with Crippen LogP contribution < -0.4 is 5.32 Å². The number of aryl methyl sites for hydroxylation is 1. The normalized spacial score (nSPS) is 14.6. The van der Waals surface area contributed by atoms with Crippen LogP contribution in [0.4, 0.5) is 11.6 Å². The molecule has 0 unspecified atom stereocenters. The number of rotatable bonds is 5. The van der Waals surface area contributed by atoms with E-state index in [1.54, 1.807) is 18.3 Å². The van der Waals surface area contributed by atoms with E-state index in [4.69, 9.17) is 0 Å². The number of nitrogens with zero attached hydrogens (tertiary/aromatic N) is 3. The van der Waals surface area contributed by atoms with Crippen LogP contribution in [0.5, 0.6) is 0 Å². The number of nitrogens with one attached hydrogen (secondary N) is 2. The summed E-state index contributed by atoms with van der Waals surface area (Å²) in [4.78, 5) is 9.58. The van der Waals surface area contributed by atoms with Crippen LogP contribution in [0.25, 0.3) is 10.7 Å². The summed E-state index contributed by atoms with van der Waals surface area (Å²) >= 11 is 1.17. The summed E-state index contributed by atoms with van der Waals surface area (Å²) in [5.41, 5.74) is 2.03. The maximum Gasteiger partial charge on any atom is 0.184 e. The molecule has 0 spiro atoms. The molecule has 130 valence electrons. The van der Waals surface area contributed by atoms with Crippen LogP contribution in [-0.2, 0) is 9.84 Å². The lowest BCUT2D eigenvalue weighted by molar-refractivity contribution is 0.604. The topological polar surface area (TPSA) is 101 Å². The van der Waals surface area contributed by atoms with Gasteiger partial charge >= 0.3 is 0 Å². The van der Waals surface area contributed by atoms with E-state index in [1.807, 2.05) is 13.0 Å². The minimum absolute atomic E-state index is 0.308. The fourth-order valence-corrected chi connectivity index (χ4v) is 4.32. The Labute approximate surface area is 149 Å². The van der Waals surface area contributed by atoms with E-state index in [2.05, 4.69) is 25.5 Å². The fraction of sp³-hybridized carbons (Fsp3) is 0.312. The first-order valence-electron chi connectivity index (χ1n) is 7.86. The molecule has 4 rings (SSSR count). The van der Waals surface area contributed by atoms with Crippen molar-refractivity contribution in [2.75, 3.05) is 11.6 Å². The highest BCUT2D eigenvalue weighted by molar-refractivity contribution is 7.92. The van der Waals surface area contributed by atoms with E-state index in [0.717, 1.165) is 17.1 Å². The molecule has 9 heteroatoms. The minimum atomic E-state index is -3.22. The van der Waals surface area contributed by atoms with Gasteiger partial charge in [-0.2, -0.15) is 5.10 Å². The molecule has 0 amide bonds. The van der Waals surface area contributed by atoms with Crippen molar-refractivity contribution in [2.45, 2.75) is 29.9 Å². The Kier molecular flexibility index (Phi) is 3.84. The van der Waals surface area contributed by atoms with E-state index in [9.17, 15) is 8.42 Å². The Balaban J connectivity index is 1.62. The zero-order chi connectivity index (χ0) is 17.6. The van der Waals surface area contributed by atoms with Crippen LogP contribution in [-0.4, -0.2) is 34.8 Å². The molecule has 0 aliphatic heterocycles. The van der Waals surface area contributed by atoms with Crippen molar-refractivity contribution in [3.05, 3.63) is 35.7 Å². The molecule has 0 saturated heterocycles. The van der Waals surface area contributed by atoms with Gasteiger partial charge in [0.15, 0.2) is 21.5 Å². The van der Waals surface area contributed by atoms with Crippen molar-refractivity contribution in [3.8, 4) is 10.7 Å². The highest BCUT2D eigenvalue weighted by atomic mass is 32.2. The summed E-state index contributed by atoms with van der Waals surface area (Å²) in [6.07, 6.45) is 5.33. The van der Waals surface area contributed by atoms with Crippen molar-refractivity contribution >= 4 is 32.8 Å². The smallest absolute Gasteiger partial charge is 0.184 e. The third-order valence-electron chi connectivity index (χ3n) is 4.00. The summed E-state index contributed by atoms with van der Waals surface area (Å²) in [6.45, 7) is 1.91. The van der Waals surface area contributed by atoms with Gasteiger partial charge in [0.1, 0.15) is 10.0 Å². The maximum atomic E-state index is 11.6. The summed E-state index contributed by atoms with van der Waals surface area (Å²) in [5, 5.41) is 10.5. The monoisotopic (exact) mass is 375 g/mol. The van der Waals surface area contributed by atoms with Crippen LogP contribution in [0, 0.1) is 6.92 Å². The average Bonchev–Trinajstić information content (AvgIpc) is 3.09. The predicted octanol–water partition coefficient (Wildman–Crippen LogP) is 3.26. The molecule has 25 heavy (non-hydrogen) atoms. The highest BCUT2D eigenvalue weighted by Gasteiger charge is 2.25. The number of anilines is 2. The molecule has 3 aromatic rings. The van der Waals surface area contributed by atoms with Gasteiger partial charge in [-0.15, -0.1) is 11.3 Å². The molecule has 1 fully saturated rings. The van der Waals surface area contributed by atoms with Crippen molar-refractivity contribution in [3.63, 3.8) is 0 Å². The summed E-state index contributed by atoms with van der Waals surface area (Å²) < 4.78 is 23.6. The highest BCUT2D eigenvalue weighted by Crippen LogP contribution is 2.39. The molecular formula is C16H17N5O2S2. The van der Waals surface area contributed by atoms with Crippen LogP contribution in [0.15, 0.2) is 28.6 Å². The second-order valence-electron chi connectivity index (χ2n) is 6.22. The summed E-state index contributed by atoms with van der Waals surface area (Å²) in [5.74, 6) is 2.47. The first-order chi connectivity index (χ1) is 11.9. The zero-order valence-electron chi connectivity index (χ0n) is 13.8. The lowest BCUT2D eigenvalue weighted by atomic mass is 10.3. The number of aromatic nitrogens is 4. The number of sulfone groups is 1. The number of hydrogen-bond acceptors (Lipinski definition) is 7. The Hall–Kier alpha value is -2.26. The standard InChI is InChI=1S/C16H17N5O2S2/c1-9-8-17-16(12-5-6-14(24-12)25(2,22)23)19-15(9)18-13-7-11(20-21-13)10-3-4-10/h5-8,10H,3-4H2,1-2H3,(H2,17,18,19,20,21). The van der Waals surface area contributed by atoms with Crippen LogP contribution >= 0.6 is 11.3 Å². The van der Waals surface area contributed by atoms with Gasteiger partial charge in [-0.25, -0.2) is 18.4 Å². The van der Waals surface area contributed by atoms with Crippen molar-refractivity contribution in [1.29, 1.82) is 0 Å². The molecule has 1 saturated carbocycles. The van der Waals surface area contributed by atoms with Crippen molar-refractivity contribution < 1.29 is 8.42 Å². The SMILES string of the molecule is Cc1cnc(-c2ccc(S(C)(=O)=O)s2)nc1Nc1cc(C2CC2)[nH]n1. The van der Waals surface area contributed by atoms with E-state index in [1.165, 1.54) is 30.4 Å². The van der Waals surface area contributed by atoms with E-state index < -0.39 is 9.84 Å². The van der Waals surface area contributed by atoms with Gasteiger partial charge in [0.25, 0.3) is 0 Å². The summed E-state index contributed by atoms with van der Waals surface area (Å²) in [7, 11) is -3.22. The molecule has 0 radical (unpaired) electrons. The number of hydrogen-bond donors (Lipinski definition) is 2. The van der Waals surface area contributed by atoms with Gasteiger partial charge in [-0.05, 0) is 31.9 Å². The Bertz CT molecular complexity index is 1030. The number of thiophene rings is 1. The Morgan fingerprint density at radius 1 is 1.32 bits per heavy atom. The molecule has 0 atom stereocenters. The quantitative estimate of drug-likeness (QED) is 0.710. The fourth-order valence-electron chi connectivity index (χ4n) is 2.45. The lowest BCUT2D eigenvalue weighted by Gasteiger charge is -2.06. The molecule has 0 bridgehead atoms. The van der Waals surface area contributed by atoms with Gasteiger partial charge in [-0.3, -0.25) is 5.10 Å². The predicted molar refractivity (Wildman–Crippen MR) is 97.0 cm³/mol. The van der Waals surface area contributed by atoms with Crippen molar-refractivity contribution in [2.24, 2.45) is 0 Å². The molecule has 0 aromatic carbocycles. The van der Waals surface area contributed by atoms with Crippen molar-refractivity contribution in [1.82, 2.24) is 20.2 Å². The number of aromatic amines is 1. The van der Waals surface area contributed by atoms with Crippen LogP contribution in [0.1, 0.15) is 30.0 Å². The largest absolute Gasteiger partial charge is 0.323 e. The Morgan fingerprint density at radius 3 is 2.80 bits per heavy atom. The van der Waals surface area contributed by atoms with Crippen LogP contribution in [0.2, 0.25) is 0 Å². The molecule has 7 nitrogen and oxygen atoms in total. The third kappa shape index (κ3) is 3.42. The van der Waals surface area contributed by atoms with Crippen LogP contribution in [0.3, 0.4) is 0 Å². The first kappa shape index (κ1) is 16.2. The molecule has 2 N–H and O–H groups in total. The summed E-state index contributed by atoms with van der Waals surface area (Å²) in [6, 6.07) is 5.32. The van der Waals surface area contributed by atoms with E-state index in [-0.39, 0.29) is 0 Å². The first-order valence-corrected chi connectivity index (χ1v) is 10.6. The number of H-pyrrole nitrogens is 1. The van der Waals surface area contributed by atoms with Gasteiger partial charge in [0, 0.05) is 35.7 Å². The molecule has 3 heterocycles.